The monoisotopic (exact) mass is 638 g/mol. The standard InChI is InChI=1S/C23H29F15O3/c1-4-16(5-2,6-3)13-41-15(40)12-10-8-7-9-11-14(39)17(24,25)18(26,27)19(28,29)20(30,31)21(32,33)22(34,35)23(36,37)38/h4-13H2,1-3H3. The highest BCUT2D eigenvalue weighted by Crippen LogP contribution is 2.62. The molecule has 0 aliphatic carbocycles. The lowest BCUT2D eigenvalue weighted by Crippen LogP contribution is -2.73. The van der Waals surface area contributed by atoms with E-state index in [1.54, 1.807) is 0 Å². The topological polar surface area (TPSA) is 43.4 Å². The van der Waals surface area contributed by atoms with Crippen molar-refractivity contribution in [1.82, 2.24) is 0 Å². The van der Waals surface area contributed by atoms with Crippen molar-refractivity contribution in [3.63, 3.8) is 0 Å². The summed E-state index contributed by atoms with van der Waals surface area (Å²) in [5, 5.41) is 0. The van der Waals surface area contributed by atoms with Crippen LogP contribution in [-0.4, -0.2) is 60.1 Å². The van der Waals surface area contributed by atoms with Crippen molar-refractivity contribution in [3.8, 4) is 0 Å². The van der Waals surface area contributed by atoms with Crippen molar-refractivity contribution in [2.75, 3.05) is 6.61 Å². The molecule has 0 fully saturated rings. The number of rotatable bonds is 18. The van der Waals surface area contributed by atoms with E-state index in [-0.39, 0.29) is 37.7 Å². The maximum absolute atomic E-state index is 13.9. The number of hydrogen-bond acceptors (Lipinski definition) is 3. The first-order chi connectivity index (χ1) is 18.2. The SMILES string of the molecule is CCC(CC)(CC)COC(=O)CCCCCCC(=O)C(F)(F)C(F)(F)C(F)(F)C(F)(F)C(F)(F)C(F)(F)C(F)(F)F. The third kappa shape index (κ3) is 7.36. The zero-order valence-corrected chi connectivity index (χ0v) is 22.0. The molecule has 244 valence electrons. The highest BCUT2D eigenvalue weighted by Gasteiger charge is 2.93. The van der Waals surface area contributed by atoms with E-state index >= 15 is 0 Å². The van der Waals surface area contributed by atoms with Gasteiger partial charge in [-0.1, -0.05) is 33.6 Å². The predicted octanol–water partition coefficient (Wildman–Crippen LogP) is 9.03. The molecule has 0 unspecified atom stereocenters. The second-order valence-electron chi connectivity index (χ2n) is 9.50. The second kappa shape index (κ2) is 13.2. The first-order valence-electron chi connectivity index (χ1n) is 12.2. The highest BCUT2D eigenvalue weighted by atomic mass is 19.4. The summed E-state index contributed by atoms with van der Waals surface area (Å²) in [4.78, 5) is 23.3. The van der Waals surface area contributed by atoms with Crippen LogP contribution in [0.4, 0.5) is 65.9 Å². The molecule has 0 aromatic carbocycles. The van der Waals surface area contributed by atoms with E-state index in [1.165, 1.54) is 0 Å². The van der Waals surface area contributed by atoms with Gasteiger partial charge in [-0.15, -0.1) is 0 Å². The molecule has 0 saturated carbocycles. The molecule has 0 amide bonds. The molecule has 0 rings (SSSR count). The van der Waals surface area contributed by atoms with Crippen molar-refractivity contribution in [2.45, 2.75) is 120 Å². The van der Waals surface area contributed by atoms with Gasteiger partial charge in [0.05, 0.1) is 6.61 Å². The Morgan fingerprint density at radius 3 is 1.27 bits per heavy atom. The van der Waals surface area contributed by atoms with Gasteiger partial charge in [0.25, 0.3) is 0 Å². The summed E-state index contributed by atoms with van der Waals surface area (Å²) in [7, 11) is 0. The second-order valence-corrected chi connectivity index (χ2v) is 9.50. The molecular formula is C23H29F15O3. The highest BCUT2D eigenvalue weighted by molar-refractivity contribution is 5.87. The van der Waals surface area contributed by atoms with Crippen LogP contribution >= 0.6 is 0 Å². The van der Waals surface area contributed by atoms with Gasteiger partial charge in [-0.2, -0.15) is 65.9 Å². The van der Waals surface area contributed by atoms with Gasteiger partial charge in [0.15, 0.2) is 0 Å². The molecule has 0 saturated heterocycles. The van der Waals surface area contributed by atoms with E-state index in [0.29, 0.717) is 0 Å². The van der Waals surface area contributed by atoms with Gasteiger partial charge >= 0.3 is 47.7 Å². The number of Topliss-reactive ketones (excluding diaryl/α,β-unsaturated/α-hetero) is 1. The number of ketones is 1. The molecule has 0 aromatic heterocycles. The van der Waals surface area contributed by atoms with E-state index < -0.39 is 66.3 Å². The number of esters is 1. The number of hydrogen-bond donors (Lipinski definition) is 0. The molecule has 0 aliphatic rings. The van der Waals surface area contributed by atoms with Crippen LogP contribution in [0.2, 0.25) is 0 Å². The molecular weight excluding hydrogens is 609 g/mol. The summed E-state index contributed by atoms with van der Waals surface area (Å²) in [5.41, 5.74) is -0.237. The van der Waals surface area contributed by atoms with Crippen molar-refractivity contribution < 1.29 is 80.2 Å². The number of alkyl halides is 15. The largest absolute Gasteiger partial charge is 0.465 e. The lowest BCUT2D eigenvalue weighted by Gasteiger charge is -2.41. The number of unbranched alkanes of at least 4 members (excludes halogenated alkanes) is 3. The van der Waals surface area contributed by atoms with Crippen molar-refractivity contribution in [2.24, 2.45) is 5.41 Å². The smallest absolute Gasteiger partial charge is 0.460 e. The Morgan fingerprint density at radius 2 is 0.878 bits per heavy atom. The van der Waals surface area contributed by atoms with E-state index in [2.05, 4.69) is 0 Å². The number of carbonyl (C=O) groups is 2. The van der Waals surface area contributed by atoms with Gasteiger partial charge in [0, 0.05) is 18.3 Å². The Kier molecular flexibility index (Phi) is 12.6. The minimum Gasteiger partial charge on any atom is -0.465 e. The Hall–Kier alpha value is -1.91. The van der Waals surface area contributed by atoms with Crippen molar-refractivity contribution in [3.05, 3.63) is 0 Å². The Bertz CT molecular complexity index is 870. The van der Waals surface area contributed by atoms with Crippen LogP contribution in [0.15, 0.2) is 0 Å². The minimum atomic E-state index is -8.42. The molecule has 0 heterocycles. The normalized spacial score (nSPS) is 14.8. The van der Waals surface area contributed by atoms with Crippen molar-refractivity contribution >= 4 is 11.8 Å². The molecule has 0 atom stereocenters. The quantitative estimate of drug-likeness (QED) is 0.0855. The van der Waals surface area contributed by atoms with Gasteiger partial charge in [0.1, 0.15) is 0 Å². The Morgan fingerprint density at radius 1 is 0.512 bits per heavy atom. The summed E-state index contributed by atoms with van der Waals surface area (Å²) in [6.07, 6.45) is -8.51. The van der Waals surface area contributed by atoms with Gasteiger partial charge in [-0.3, -0.25) is 9.59 Å². The number of carbonyl (C=O) groups excluding carboxylic acids is 2. The molecule has 41 heavy (non-hydrogen) atoms. The molecule has 0 radical (unpaired) electrons. The molecule has 0 bridgehead atoms. The lowest BCUT2D eigenvalue weighted by atomic mass is 9.81. The molecule has 3 nitrogen and oxygen atoms in total. The van der Waals surface area contributed by atoms with Crippen LogP contribution in [-0.2, 0) is 14.3 Å². The number of halogens is 15. The van der Waals surface area contributed by atoms with Gasteiger partial charge in [0.2, 0.25) is 5.78 Å². The van der Waals surface area contributed by atoms with Crippen LogP contribution in [0, 0.1) is 5.41 Å². The average Bonchev–Trinajstić information content (AvgIpc) is 2.85. The van der Waals surface area contributed by atoms with E-state index in [1.807, 2.05) is 20.8 Å². The lowest BCUT2D eigenvalue weighted by molar-refractivity contribution is -0.449. The third-order valence-electron chi connectivity index (χ3n) is 7.00. The van der Waals surface area contributed by atoms with E-state index in [0.717, 1.165) is 19.3 Å². The Labute approximate surface area is 225 Å². The molecule has 0 aromatic rings. The summed E-state index contributed by atoms with van der Waals surface area (Å²) in [6.45, 7) is 5.82. The Balaban J connectivity index is 5.30. The van der Waals surface area contributed by atoms with Crippen LogP contribution < -0.4 is 0 Å². The van der Waals surface area contributed by atoms with Crippen LogP contribution in [0.3, 0.4) is 0 Å². The van der Waals surface area contributed by atoms with Crippen LogP contribution in [0.5, 0.6) is 0 Å². The van der Waals surface area contributed by atoms with E-state index in [4.69, 9.17) is 4.74 Å². The van der Waals surface area contributed by atoms with Crippen molar-refractivity contribution in [1.29, 1.82) is 0 Å². The average molecular weight is 638 g/mol. The van der Waals surface area contributed by atoms with Gasteiger partial charge in [-0.05, 0) is 32.1 Å². The molecule has 0 N–H and O–H groups in total. The third-order valence-corrected chi connectivity index (χ3v) is 7.00. The first-order valence-corrected chi connectivity index (χ1v) is 12.2. The van der Waals surface area contributed by atoms with Gasteiger partial charge < -0.3 is 4.74 Å². The molecule has 0 aliphatic heterocycles. The zero-order valence-electron chi connectivity index (χ0n) is 22.0. The van der Waals surface area contributed by atoms with Crippen LogP contribution in [0.1, 0.15) is 78.6 Å². The molecule has 18 heteroatoms. The number of ether oxygens (including phenoxy) is 1. The fraction of sp³-hybridized carbons (Fsp3) is 0.913. The van der Waals surface area contributed by atoms with E-state index in [9.17, 15) is 75.4 Å². The summed E-state index contributed by atoms with van der Waals surface area (Å²) in [5.74, 6) is -51.7. The summed E-state index contributed by atoms with van der Waals surface area (Å²) in [6, 6.07) is 0. The first kappa shape index (κ1) is 39.1. The molecule has 0 spiro atoms. The zero-order chi connectivity index (χ0) is 32.9. The fourth-order valence-electron chi connectivity index (χ4n) is 3.57. The summed E-state index contributed by atoms with van der Waals surface area (Å²) < 4.78 is 203. The maximum atomic E-state index is 13.9. The predicted molar refractivity (Wildman–Crippen MR) is 113 cm³/mol. The maximum Gasteiger partial charge on any atom is 0.460 e. The summed E-state index contributed by atoms with van der Waals surface area (Å²) >= 11 is 0. The van der Waals surface area contributed by atoms with Gasteiger partial charge in [-0.25, -0.2) is 0 Å². The van der Waals surface area contributed by atoms with Crippen LogP contribution in [0.25, 0.3) is 0 Å². The fourth-order valence-corrected chi connectivity index (χ4v) is 3.57. The minimum absolute atomic E-state index is 0.0300.